The monoisotopic (exact) mass is 390 g/mol. The van der Waals surface area contributed by atoms with Gasteiger partial charge in [0.1, 0.15) is 0 Å². The molecular weight excluding hydrogens is 378 g/mol. The van der Waals surface area contributed by atoms with Gasteiger partial charge in [-0.15, -0.1) is 0 Å². The van der Waals surface area contributed by atoms with E-state index in [4.69, 9.17) is 17.0 Å². The van der Waals surface area contributed by atoms with Gasteiger partial charge < -0.3 is 0 Å². The second-order valence-corrected chi connectivity index (χ2v) is 8.12. The van der Waals surface area contributed by atoms with Crippen molar-refractivity contribution in [2.45, 2.75) is 0 Å². The van der Waals surface area contributed by atoms with Crippen molar-refractivity contribution >= 4 is 29.2 Å². The Kier molecular flexibility index (Phi) is 8.67. The van der Waals surface area contributed by atoms with Crippen LogP contribution in [0.4, 0.5) is 0 Å². The zero-order chi connectivity index (χ0) is 14.9. The van der Waals surface area contributed by atoms with Gasteiger partial charge in [-0.3, -0.25) is 0 Å². The van der Waals surface area contributed by atoms with Gasteiger partial charge in [0.25, 0.3) is 0 Å². The molecule has 0 bridgehead atoms. The second kappa shape index (κ2) is 10.2. The summed E-state index contributed by atoms with van der Waals surface area (Å²) in [7, 11) is 9.87. The van der Waals surface area contributed by atoms with Crippen LogP contribution >= 0.6 is 17.0 Å². The number of halogens is 2. The van der Waals surface area contributed by atoms with Gasteiger partial charge in [0.15, 0.2) is 0 Å². The number of hydrogen-bond acceptors (Lipinski definition) is 0. The fourth-order valence-corrected chi connectivity index (χ4v) is 2.14. The molecule has 4 rings (SSSR count). The molecule has 0 saturated heterocycles. The summed E-state index contributed by atoms with van der Waals surface area (Å²) in [4.78, 5) is 0. The van der Waals surface area contributed by atoms with Crippen molar-refractivity contribution in [3.05, 3.63) is 97.9 Å². The van der Waals surface area contributed by atoms with Gasteiger partial charge in [-0.1, -0.05) is 36.4 Å². The van der Waals surface area contributed by atoms with Crippen LogP contribution in [0.25, 0.3) is 12.2 Å². The molecule has 2 fully saturated rings. The summed E-state index contributed by atoms with van der Waals surface area (Å²) < 4.78 is 0. The Morgan fingerprint density at radius 3 is 1.38 bits per heavy atom. The molecule has 3 aliphatic rings. The molecule has 0 aliphatic heterocycles. The minimum absolute atomic E-state index is 0.826. The van der Waals surface area contributed by atoms with Crippen LogP contribution in [0.15, 0.2) is 24.3 Å². The molecule has 3 aliphatic carbocycles. The molecule has 0 heterocycles. The Morgan fingerprint density at radius 1 is 0.619 bits per heavy atom. The maximum absolute atomic E-state index is 4.93. The molecule has 2 saturated carbocycles. The van der Waals surface area contributed by atoms with Crippen LogP contribution in [0.2, 0.25) is 0 Å². The Morgan fingerprint density at radius 2 is 1.00 bits per heavy atom. The molecule has 102 valence electrons. The Labute approximate surface area is 147 Å². The number of benzene rings is 1. The average molecular weight is 392 g/mol. The summed E-state index contributed by atoms with van der Waals surface area (Å²) in [6.45, 7) is 0. The summed E-state index contributed by atoms with van der Waals surface area (Å²) >= 11 is -0.826. The molecule has 21 heavy (non-hydrogen) atoms. The molecule has 0 atom stereocenters. The predicted molar refractivity (Wildman–Crippen MR) is 87.2 cm³/mol. The molecule has 0 N–H and O–H groups in total. The molecule has 1 aromatic rings. The van der Waals surface area contributed by atoms with Crippen molar-refractivity contribution in [2.75, 3.05) is 0 Å². The van der Waals surface area contributed by atoms with Crippen LogP contribution in [-0.4, -0.2) is 0 Å². The molecule has 0 nitrogen and oxygen atoms in total. The van der Waals surface area contributed by atoms with E-state index in [0.29, 0.717) is 0 Å². The molecule has 3 heteroatoms. The molecule has 0 amide bonds. The SMILES string of the molecule is [CH]1[CH][CH][CH][CH]1.[CH]1[CH][C]2C=c3ccccc3=C[C]2[CH]1.[Cl][Zr+2][Cl]. The van der Waals surface area contributed by atoms with E-state index < -0.39 is 20.8 Å². The minimum atomic E-state index is -0.826. The van der Waals surface area contributed by atoms with Crippen molar-refractivity contribution in [3.8, 4) is 0 Å². The van der Waals surface area contributed by atoms with Gasteiger partial charge in [-0.05, 0) is 61.8 Å². The normalized spacial score (nSPS) is 19.5. The molecule has 0 spiro atoms. The van der Waals surface area contributed by atoms with E-state index in [-0.39, 0.29) is 0 Å². The first-order valence-electron chi connectivity index (χ1n) is 6.52. The zero-order valence-corrected chi connectivity index (χ0v) is 15.3. The van der Waals surface area contributed by atoms with Crippen molar-refractivity contribution in [3.63, 3.8) is 0 Å². The summed E-state index contributed by atoms with van der Waals surface area (Å²) in [6.07, 6.45) is 20.9. The molecule has 10 radical (unpaired) electrons. The van der Waals surface area contributed by atoms with E-state index in [0.717, 1.165) is 0 Å². The summed E-state index contributed by atoms with van der Waals surface area (Å²) in [6, 6.07) is 8.47. The number of rotatable bonds is 0. The summed E-state index contributed by atoms with van der Waals surface area (Å²) in [5, 5.41) is 2.64. The van der Waals surface area contributed by atoms with Gasteiger partial charge >= 0.3 is 37.9 Å². The first-order chi connectivity index (χ1) is 10.3. The van der Waals surface area contributed by atoms with Gasteiger partial charge in [0.05, 0.1) is 0 Å². The third kappa shape index (κ3) is 5.85. The first-order valence-corrected chi connectivity index (χ1v) is 12.9. The number of hydrogen-bond donors (Lipinski definition) is 0. The van der Waals surface area contributed by atoms with E-state index in [9.17, 15) is 0 Å². The van der Waals surface area contributed by atoms with E-state index in [1.807, 2.05) is 32.1 Å². The van der Waals surface area contributed by atoms with E-state index in [1.165, 1.54) is 22.3 Å². The van der Waals surface area contributed by atoms with E-state index in [2.05, 4.69) is 55.7 Å². The second-order valence-electron chi connectivity index (χ2n) is 4.39. The first kappa shape index (κ1) is 17.8. The Hall–Kier alpha value is 0.423. The van der Waals surface area contributed by atoms with Gasteiger partial charge in [-0.2, -0.15) is 0 Å². The summed E-state index contributed by atoms with van der Waals surface area (Å²) in [5.74, 6) is 2.66. The third-order valence-electron chi connectivity index (χ3n) is 3.06. The topological polar surface area (TPSA) is 0 Å². The van der Waals surface area contributed by atoms with Crippen molar-refractivity contribution < 1.29 is 20.8 Å². The fourth-order valence-electron chi connectivity index (χ4n) is 2.14. The quantitative estimate of drug-likeness (QED) is 0.635. The molecule has 0 unspecified atom stereocenters. The van der Waals surface area contributed by atoms with Crippen molar-refractivity contribution in [1.82, 2.24) is 0 Å². The summed E-state index contributed by atoms with van der Waals surface area (Å²) in [5.41, 5.74) is 0. The fraction of sp³-hybridized carbons (Fsp3) is 0. The average Bonchev–Trinajstić information content (AvgIpc) is 3.20. The van der Waals surface area contributed by atoms with Crippen LogP contribution in [0, 0.1) is 63.2 Å². The van der Waals surface area contributed by atoms with Crippen molar-refractivity contribution in [1.29, 1.82) is 0 Å². The van der Waals surface area contributed by atoms with Crippen LogP contribution < -0.4 is 10.4 Å². The van der Waals surface area contributed by atoms with Crippen LogP contribution in [0.5, 0.6) is 0 Å². The van der Waals surface area contributed by atoms with Crippen LogP contribution in [-0.2, 0) is 20.8 Å². The van der Waals surface area contributed by atoms with E-state index in [1.54, 1.807) is 0 Å². The van der Waals surface area contributed by atoms with Crippen LogP contribution in [0.3, 0.4) is 0 Å². The third-order valence-corrected chi connectivity index (χ3v) is 3.06. The van der Waals surface area contributed by atoms with E-state index >= 15 is 0 Å². The van der Waals surface area contributed by atoms with Crippen LogP contribution in [0.1, 0.15) is 0 Å². The van der Waals surface area contributed by atoms with Gasteiger partial charge in [-0.25, -0.2) is 0 Å². The maximum atomic E-state index is 4.93. The molecular formula is C18H14Cl2Zr+2. The molecule has 0 aromatic heterocycles. The molecule has 1 aromatic carbocycles. The van der Waals surface area contributed by atoms with Crippen molar-refractivity contribution in [2.24, 2.45) is 0 Å². The number of fused-ring (bicyclic) bond motifs is 2. The Bertz CT molecular complexity index is 474. The zero-order valence-electron chi connectivity index (χ0n) is 11.3. The predicted octanol–water partition coefficient (Wildman–Crippen LogP) is 3.43. The Balaban J connectivity index is 0.000000169. The standard InChI is InChI=1S/C13H9.C5H5.2ClH.Zr/c1-2-5-11-9-13-7-3-6-12(13)8-10(11)4-1;1-2-4-5-3-1;;;/h1-9H;1-5H;2*1H;/q;;;;+4/p-2. The van der Waals surface area contributed by atoms with Gasteiger partial charge in [0, 0.05) is 11.8 Å². The van der Waals surface area contributed by atoms with Gasteiger partial charge in [0.2, 0.25) is 0 Å².